The highest BCUT2D eigenvalue weighted by Crippen LogP contribution is 2.27. The smallest absolute Gasteiger partial charge is 0.0875 e. The van der Waals surface area contributed by atoms with Gasteiger partial charge < -0.3 is 4.40 Å². The van der Waals surface area contributed by atoms with Gasteiger partial charge in [-0.3, -0.25) is 0 Å². The Morgan fingerprint density at radius 3 is 2.32 bits per heavy atom. The fourth-order valence-electron chi connectivity index (χ4n) is 3.98. The first-order valence-electron chi connectivity index (χ1n) is 9.98. The summed E-state index contributed by atoms with van der Waals surface area (Å²) in [6, 6.07) is 28.9. The zero-order valence-corrected chi connectivity index (χ0v) is 17.3. The van der Waals surface area contributed by atoms with Gasteiger partial charge in [0.2, 0.25) is 0 Å². The van der Waals surface area contributed by atoms with Crippen LogP contribution in [0.3, 0.4) is 0 Å². The second-order valence-electron chi connectivity index (χ2n) is 7.43. The van der Waals surface area contributed by atoms with Crippen LogP contribution in [0.15, 0.2) is 103 Å². The van der Waals surface area contributed by atoms with Crippen molar-refractivity contribution in [1.29, 1.82) is 0 Å². The van der Waals surface area contributed by atoms with Gasteiger partial charge in [0.05, 0.1) is 15.2 Å². The molecule has 0 saturated carbocycles. The number of allylic oxidation sites excluding steroid dienone is 4. The Morgan fingerprint density at radius 2 is 1.54 bits per heavy atom. The van der Waals surface area contributed by atoms with Crippen molar-refractivity contribution in [3.05, 3.63) is 109 Å². The summed E-state index contributed by atoms with van der Waals surface area (Å²) in [7, 11) is -0.402. The molecule has 1 aliphatic rings. The highest BCUT2D eigenvalue weighted by atomic mass is 28.2. The summed E-state index contributed by atoms with van der Waals surface area (Å²) in [5, 5.41) is 2.97. The minimum absolute atomic E-state index is 0.402. The van der Waals surface area contributed by atoms with Crippen molar-refractivity contribution in [1.82, 2.24) is 4.40 Å². The summed E-state index contributed by atoms with van der Waals surface area (Å²) in [4.78, 5) is 0. The summed E-state index contributed by atoms with van der Waals surface area (Å²) in [5.74, 6) is 0. The number of hydrogen-bond donors (Lipinski definition) is 0. The van der Waals surface area contributed by atoms with Crippen LogP contribution in [0.5, 0.6) is 0 Å². The van der Waals surface area contributed by atoms with Gasteiger partial charge in [0.1, 0.15) is 0 Å². The third-order valence-electron chi connectivity index (χ3n) is 5.46. The van der Waals surface area contributed by atoms with Crippen molar-refractivity contribution in [3.8, 4) is 11.3 Å². The molecule has 1 nitrogen and oxygen atoms in total. The standard InChI is InChI=1S/C26H23NSi/c1-3-8-20(9-4-1)22-18-23-10-7-13-26(27(23)19-22)21-14-16-25(17-15-21)28-24-11-5-2-6-12-24/h2-3,5-19H,1,4,28H2. The summed E-state index contributed by atoms with van der Waals surface area (Å²) in [5.41, 5.74) is 6.40. The van der Waals surface area contributed by atoms with E-state index < -0.39 is 9.52 Å². The molecule has 0 aliphatic heterocycles. The van der Waals surface area contributed by atoms with E-state index in [1.165, 1.54) is 38.3 Å². The van der Waals surface area contributed by atoms with E-state index in [2.05, 4.69) is 108 Å². The first-order chi connectivity index (χ1) is 13.9. The minimum Gasteiger partial charge on any atom is -0.316 e. The molecule has 1 aliphatic carbocycles. The first-order valence-corrected chi connectivity index (χ1v) is 11.4. The Kier molecular flexibility index (Phi) is 4.55. The highest BCUT2D eigenvalue weighted by molar-refractivity contribution is 6.67. The molecule has 5 rings (SSSR count). The molecule has 0 atom stereocenters. The molecule has 136 valence electrons. The molecule has 2 heteroatoms. The van der Waals surface area contributed by atoms with Gasteiger partial charge in [0.15, 0.2) is 0 Å². The molecule has 28 heavy (non-hydrogen) atoms. The Hall–Kier alpha value is -3.10. The van der Waals surface area contributed by atoms with Crippen LogP contribution in [0.4, 0.5) is 0 Å². The van der Waals surface area contributed by atoms with E-state index in [9.17, 15) is 0 Å². The zero-order valence-electron chi connectivity index (χ0n) is 15.9. The van der Waals surface area contributed by atoms with Crippen LogP contribution in [0.1, 0.15) is 18.4 Å². The van der Waals surface area contributed by atoms with Crippen molar-refractivity contribution < 1.29 is 0 Å². The van der Waals surface area contributed by atoms with Crippen molar-refractivity contribution in [3.63, 3.8) is 0 Å². The predicted molar refractivity (Wildman–Crippen MR) is 123 cm³/mol. The fourth-order valence-corrected chi connectivity index (χ4v) is 5.43. The average Bonchev–Trinajstić information content (AvgIpc) is 3.20. The zero-order chi connectivity index (χ0) is 18.8. The Bertz CT molecular complexity index is 1160. The van der Waals surface area contributed by atoms with Gasteiger partial charge in [-0.1, -0.05) is 89.3 Å². The molecule has 2 aromatic carbocycles. The van der Waals surface area contributed by atoms with Crippen LogP contribution in [0.2, 0.25) is 0 Å². The lowest BCUT2D eigenvalue weighted by Crippen LogP contribution is -2.26. The summed E-state index contributed by atoms with van der Waals surface area (Å²) in [6.45, 7) is 0. The van der Waals surface area contributed by atoms with E-state index in [1.807, 2.05) is 0 Å². The van der Waals surface area contributed by atoms with Crippen molar-refractivity contribution in [2.45, 2.75) is 12.8 Å². The molecule has 0 N–H and O–H groups in total. The largest absolute Gasteiger partial charge is 0.316 e. The number of fused-ring (bicyclic) bond motifs is 1. The third-order valence-corrected chi connectivity index (χ3v) is 7.22. The van der Waals surface area contributed by atoms with Crippen LogP contribution in [0, 0.1) is 0 Å². The van der Waals surface area contributed by atoms with E-state index in [1.54, 1.807) is 0 Å². The maximum absolute atomic E-state index is 2.34. The summed E-state index contributed by atoms with van der Waals surface area (Å²) >= 11 is 0. The average molecular weight is 378 g/mol. The molecule has 2 heterocycles. The minimum atomic E-state index is -0.402. The molecular weight excluding hydrogens is 354 g/mol. The van der Waals surface area contributed by atoms with Gasteiger partial charge in [-0.25, -0.2) is 0 Å². The molecule has 4 aromatic rings. The maximum Gasteiger partial charge on any atom is 0.0875 e. The first kappa shape index (κ1) is 17.0. The molecule has 0 radical (unpaired) electrons. The molecule has 0 unspecified atom stereocenters. The molecule has 0 bridgehead atoms. The van der Waals surface area contributed by atoms with Gasteiger partial charge in [-0.2, -0.15) is 0 Å². The molecular formula is C26H23NSi. The normalized spacial score (nSPS) is 14.1. The van der Waals surface area contributed by atoms with Gasteiger partial charge >= 0.3 is 0 Å². The molecule has 0 fully saturated rings. The van der Waals surface area contributed by atoms with Crippen LogP contribution < -0.4 is 10.4 Å². The van der Waals surface area contributed by atoms with Gasteiger partial charge in [0, 0.05) is 17.3 Å². The van der Waals surface area contributed by atoms with E-state index in [0.717, 1.165) is 12.8 Å². The van der Waals surface area contributed by atoms with Crippen LogP contribution in [-0.4, -0.2) is 13.9 Å². The predicted octanol–water partition coefficient (Wildman–Crippen LogP) is 4.46. The van der Waals surface area contributed by atoms with E-state index in [4.69, 9.17) is 0 Å². The number of rotatable bonds is 4. The number of pyridine rings is 1. The lowest BCUT2D eigenvalue weighted by molar-refractivity contribution is 1.04. The van der Waals surface area contributed by atoms with Crippen molar-refractivity contribution >= 4 is 31.0 Å². The lowest BCUT2D eigenvalue weighted by Gasteiger charge is -2.08. The highest BCUT2D eigenvalue weighted by Gasteiger charge is 2.09. The topological polar surface area (TPSA) is 4.41 Å². The molecule has 0 saturated heterocycles. The Morgan fingerprint density at radius 1 is 0.714 bits per heavy atom. The second-order valence-corrected chi connectivity index (χ2v) is 9.42. The third kappa shape index (κ3) is 3.39. The van der Waals surface area contributed by atoms with E-state index in [0.29, 0.717) is 0 Å². The molecule has 0 spiro atoms. The number of aromatic nitrogens is 1. The molecule has 0 amide bonds. The summed E-state index contributed by atoms with van der Waals surface area (Å²) < 4.78 is 2.32. The summed E-state index contributed by atoms with van der Waals surface area (Å²) in [6.07, 6.45) is 11.4. The van der Waals surface area contributed by atoms with E-state index in [-0.39, 0.29) is 0 Å². The van der Waals surface area contributed by atoms with Crippen LogP contribution in [-0.2, 0) is 0 Å². The SMILES string of the molecule is C1=CC(c2cc3cccc(-c4ccc([SiH2]c5ccccc5)cc4)n3c2)=CCC1. The second kappa shape index (κ2) is 7.49. The number of hydrogen-bond acceptors (Lipinski definition) is 0. The van der Waals surface area contributed by atoms with Crippen molar-refractivity contribution in [2.24, 2.45) is 0 Å². The van der Waals surface area contributed by atoms with Crippen LogP contribution in [0.25, 0.3) is 22.3 Å². The van der Waals surface area contributed by atoms with Gasteiger partial charge in [-0.15, -0.1) is 0 Å². The number of nitrogens with zero attached hydrogens (tertiary/aromatic N) is 1. The number of benzene rings is 2. The Balaban J connectivity index is 1.48. The fraction of sp³-hybridized carbons (Fsp3) is 0.0769. The monoisotopic (exact) mass is 377 g/mol. The lowest BCUT2D eigenvalue weighted by atomic mass is 10.0. The Labute approximate surface area is 168 Å². The van der Waals surface area contributed by atoms with E-state index >= 15 is 0 Å². The maximum atomic E-state index is 2.34. The van der Waals surface area contributed by atoms with Gasteiger partial charge in [0.25, 0.3) is 0 Å². The molecule has 2 aromatic heterocycles. The van der Waals surface area contributed by atoms with Crippen molar-refractivity contribution in [2.75, 3.05) is 0 Å². The quantitative estimate of drug-likeness (QED) is 0.463. The van der Waals surface area contributed by atoms with Gasteiger partial charge in [-0.05, 0) is 42.2 Å². The van der Waals surface area contributed by atoms with Crippen LogP contribution >= 0.6 is 0 Å².